The van der Waals surface area contributed by atoms with Crippen molar-refractivity contribution in [1.29, 1.82) is 0 Å². The first-order valence-corrected chi connectivity index (χ1v) is 13.6. The predicted octanol–water partition coefficient (Wildman–Crippen LogP) is 3.05. The van der Waals surface area contributed by atoms with Crippen molar-refractivity contribution in [3.05, 3.63) is 138 Å². The minimum Gasteiger partial charge on any atom is -0.358 e. The summed E-state index contributed by atoms with van der Waals surface area (Å²) in [5.41, 5.74) is 7.03. The number of para-hydroxylation sites is 1. The van der Waals surface area contributed by atoms with Crippen molar-refractivity contribution in [2.75, 3.05) is 5.32 Å². The van der Waals surface area contributed by atoms with Crippen LogP contribution in [-0.2, 0) is 39.4 Å². The fourth-order valence-electron chi connectivity index (χ4n) is 6.13. The van der Waals surface area contributed by atoms with E-state index in [1.165, 1.54) is 4.90 Å². The highest BCUT2D eigenvalue weighted by Crippen LogP contribution is 2.54. The lowest BCUT2D eigenvalue weighted by atomic mass is 9.68. The van der Waals surface area contributed by atoms with E-state index in [1.807, 2.05) is 97.1 Å². The van der Waals surface area contributed by atoms with E-state index in [0.29, 0.717) is 11.3 Å². The molecule has 0 spiro atoms. The second-order valence-corrected chi connectivity index (χ2v) is 10.5. The Morgan fingerprint density at radius 1 is 0.732 bits per heavy atom. The van der Waals surface area contributed by atoms with Crippen LogP contribution in [0, 0.1) is 0 Å². The topological polar surface area (TPSA) is 117 Å². The summed E-state index contributed by atoms with van der Waals surface area (Å²) in [5.74, 6) is -1.48. The standard InChI is InChI=1S/C33H31N5O3/c34-33-31(41)38(22-25-16-8-3-9-17-25)28(29(39)35-20-23-12-4-1-5-13-23)32(33,26-18-10-11-19-27(26)37-33)30(40)36-21-24-14-6-2-7-15-24/h1-19,28,37H,20-22,34H2,(H,35,39)(H,36,40)/t28-,32+,33+/m0/s1. The number of fused-ring (bicyclic) bond motifs is 3. The van der Waals surface area contributed by atoms with Crippen molar-refractivity contribution in [3.63, 3.8) is 0 Å². The number of carbonyl (C=O) groups is 3. The van der Waals surface area contributed by atoms with E-state index in [0.717, 1.165) is 16.7 Å². The number of carbonyl (C=O) groups excluding carboxylic acids is 3. The molecule has 41 heavy (non-hydrogen) atoms. The van der Waals surface area contributed by atoms with Gasteiger partial charge in [0, 0.05) is 25.3 Å². The highest BCUT2D eigenvalue weighted by molar-refractivity contribution is 6.14. The van der Waals surface area contributed by atoms with Gasteiger partial charge in [0.15, 0.2) is 11.1 Å². The molecule has 3 atom stereocenters. The van der Waals surface area contributed by atoms with Gasteiger partial charge in [0.1, 0.15) is 6.04 Å². The van der Waals surface area contributed by atoms with E-state index >= 15 is 0 Å². The van der Waals surface area contributed by atoms with Crippen molar-refractivity contribution < 1.29 is 14.4 Å². The van der Waals surface area contributed by atoms with Crippen molar-refractivity contribution in [2.45, 2.75) is 36.8 Å². The number of rotatable bonds is 8. The van der Waals surface area contributed by atoms with Crippen LogP contribution in [0.3, 0.4) is 0 Å². The Kier molecular flexibility index (Phi) is 6.77. The number of hydrogen-bond donors (Lipinski definition) is 4. The normalized spacial score (nSPS) is 22.4. The smallest absolute Gasteiger partial charge is 0.265 e. The number of likely N-dealkylation sites (tertiary alicyclic amines) is 1. The Hall–Kier alpha value is -4.95. The number of benzene rings is 4. The molecule has 0 unspecified atom stereocenters. The molecule has 6 rings (SSSR count). The molecule has 0 aromatic heterocycles. The SMILES string of the molecule is N[C@]12Nc3ccccc3[C@]1(C(=O)NCc1ccccc1)[C@H](C(=O)NCc1ccccc1)N(Cc1ccccc1)C2=O. The highest BCUT2D eigenvalue weighted by Gasteiger charge is 2.77. The van der Waals surface area contributed by atoms with Crippen LogP contribution in [0.4, 0.5) is 5.69 Å². The first-order chi connectivity index (χ1) is 19.9. The molecule has 0 saturated carbocycles. The molecule has 206 valence electrons. The van der Waals surface area contributed by atoms with Gasteiger partial charge in [-0.3, -0.25) is 20.1 Å². The van der Waals surface area contributed by atoms with Gasteiger partial charge < -0.3 is 20.9 Å². The zero-order chi connectivity index (χ0) is 28.5. The summed E-state index contributed by atoms with van der Waals surface area (Å²) in [7, 11) is 0. The maximum Gasteiger partial charge on any atom is 0.265 e. The summed E-state index contributed by atoms with van der Waals surface area (Å²) in [4.78, 5) is 44.6. The number of amides is 3. The zero-order valence-electron chi connectivity index (χ0n) is 22.4. The minimum absolute atomic E-state index is 0.111. The Labute approximate surface area is 238 Å². The molecule has 4 aromatic rings. The lowest BCUT2D eigenvalue weighted by Gasteiger charge is -2.37. The summed E-state index contributed by atoms with van der Waals surface area (Å²) in [6, 6.07) is 34.3. The molecule has 2 aliphatic rings. The monoisotopic (exact) mass is 545 g/mol. The van der Waals surface area contributed by atoms with Crippen LogP contribution in [0.1, 0.15) is 22.3 Å². The Bertz CT molecular complexity index is 1580. The molecule has 2 heterocycles. The Morgan fingerprint density at radius 2 is 1.24 bits per heavy atom. The maximum atomic E-state index is 14.5. The molecule has 8 nitrogen and oxygen atoms in total. The van der Waals surface area contributed by atoms with Crippen molar-refractivity contribution in [1.82, 2.24) is 15.5 Å². The molecule has 2 aliphatic heterocycles. The first kappa shape index (κ1) is 26.3. The zero-order valence-corrected chi connectivity index (χ0v) is 22.4. The van der Waals surface area contributed by atoms with Crippen LogP contribution in [0.15, 0.2) is 115 Å². The highest BCUT2D eigenvalue weighted by atomic mass is 16.2. The molecule has 0 radical (unpaired) electrons. The van der Waals surface area contributed by atoms with Gasteiger partial charge in [-0.25, -0.2) is 0 Å². The van der Waals surface area contributed by atoms with Crippen LogP contribution >= 0.6 is 0 Å². The van der Waals surface area contributed by atoms with Gasteiger partial charge in [-0.2, -0.15) is 0 Å². The fraction of sp³-hybridized carbons (Fsp3) is 0.182. The Morgan fingerprint density at radius 3 is 1.85 bits per heavy atom. The second kappa shape index (κ2) is 10.6. The summed E-state index contributed by atoms with van der Waals surface area (Å²) in [6.07, 6.45) is 0. The largest absolute Gasteiger partial charge is 0.358 e. The number of nitrogens with zero attached hydrogens (tertiary/aromatic N) is 1. The van der Waals surface area contributed by atoms with E-state index in [9.17, 15) is 14.4 Å². The van der Waals surface area contributed by atoms with Gasteiger partial charge >= 0.3 is 0 Å². The molecule has 3 amide bonds. The molecular weight excluding hydrogens is 514 g/mol. The molecule has 1 fully saturated rings. The van der Waals surface area contributed by atoms with Crippen molar-refractivity contribution in [3.8, 4) is 0 Å². The van der Waals surface area contributed by atoms with Crippen LogP contribution in [0.25, 0.3) is 0 Å². The van der Waals surface area contributed by atoms with Crippen LogP contribution in [0.5, 0.6) is 0 Å². The van der Waals surface area contributed by atoms with Gasteiger partial charge in [-0.1, -0.05) is 109 Å². The molecule has 0 bridgehead atoms. The predicted molar refractivity (Wildman–Crippen MR) is 156 cm³/mol. The number of anilines is 1. The fourth-order valence-corrected chi connectivity index (χ4v) is 6.13. The third-order valence-corrected chi connectivity index (χ3v) is 8.03. The molecule has 1 saturated heterocycles. The van der Waals surface area contributed by atoms with Gasteiger partial charge in [-0.15, -0.1) is 0 Å². The second-order valence-electron chi connectivity index (χ2n) is 10.5. The number of nitrogens with two attached hydrogens (primary N) is 1. The number of hydrogen-bond acceptors (Lipinski definition) is 5. The molecular formula is C33H31N5O3. The lowest BCUT2D eigenvalue weighted by molar-refractivity contribution is -0.138. The minimum atomic E-state index is -1.89. The summed E-state index contributed by atoms with van der Waals surface area (Å²) >= 11 is 0. The average Bonchev–Trinajstić information content (AvgIpc) is 3.38. The summed E-state index contributed by atoms with van der Waals surface area (Å²) in [5, 5.41) is 9.17. The molecule has 4 aromatic carbocycles. The van der Waals surface area contributed by atoms with E-state index in [4.69, 9.17) is 5.73 Å². The van der Waals surface area contributed by atoms with E-state index in [-0.39, 0.29) is 19.6 Å². The third kappa shape index (κ3) is 4.33. The van der Waals surface area contributed by atoms with E-state index in [2.05, 4.69) is 16.0 Å². The molecule has 5 N–H and O–H groups in total. The van der Waals surface area contributed by atoms with E-state index < -0.39 is 34.8 Å². The average molecular weight is 546 g/mol. The van der Waals surface area contributed by atoms with Crippen LogP contribution in [0.2, 0.25) is 0 Å². The van der Waals surface area contributed by atoms with Crippen LogP contribution in [-0.4, -0.2) is 34.3 Å². The lowest BCUT2D eigenvalue weighted by Crippen LogP contribution is -2.69. The maximum absolute atomic E-state index is 14.5. The number of nitrogens with one attached hydrogen (secondary N) is 3. The van der Waals surface area contributed by atoms with Crippen LogP contribution < -0.4 is 21.7 Å². The summed E-state index contributed by atoms with van der Waals surface area (Å²) < 4.78 is 0. The van der Waals surface area contributed by atoms with Crippen molar-refractivity contribution in [2.24, 2.45) is 5.73 Å². The third-order valence-electron chi connectivity index (χ3n) is 8.03. The first-order valence-electron chi connectivity index (χ1n) is 13.6. The quantitative estimate of drug-likeness (QED) is 0.272. The van der Waals surface area contributed by atoms with Crippen molar-refractivity contribution >= 4 is 23.4 Å². The molecule has 8 heteroatoms. The Balaban J connectivity index is 1.46. The van der Waals surface area contributed by atoms with Gasteiger partial charge in [0.2, 0.25) is 11.8 Å². The van der Waals surface area contributed by atoms with Gasteiger partial charge in [0.25, 0.3) is 5.91 Å². The summed E-state index contributed by atoms with van der Waals surface area (Å²) in [6.45, 7) is 0.558. The van der Waals surface area contributed by atoms with Gasteiger partial charge in [0.05, 0.1) is 0 Å². The molecule has 0 aliphatic carbocycles. The van der Waals surface area contributed by atoms with E-state index in [1.54, 1.807) is 18.2 Å². The van der Waals surface area contributed by atoms with Gasteiger partial charge in [-0.05, 0) is 28.3 Å².